The molecule has 1 aromatic rings. The smallest absolute Gasteiger partial charge is 0.260 e. The van der Waals surface area contributed by atoms with Crippen LogP contribution in [0.2, 0.25) is 0 Å². The molecule has 2 saturated heterocycles. The molecule has 1 atom stereocenters. The highest BCUT2D eigenvalue weighted by Gasteiger charge is 2.40. The molecule has 2 fully saturated rings. The quantitative estimate of drug-likeness (QED) is 0.502. The molecule has 6 heteroatoms. The number of amidine groups is 1. The zero-order chi connectivity index (χ0) is 15.5. The zero-order valence-electron chi connectivity index (χ0n) is 12.3. The molecule has 116 valence electrons. The summed E-state index contributed by atoms with van der Waals surface area (Å²) in [4.78, 5) is 28.1. The van der Waals surface area contributed by atoms with Gasteiger partial charge in [-0.3, -0.25) is 19.9 Å². The standard InChI is InChI=1S/C16H19N3O3/c17-14(18-8-10-22-11-9-18)13-6-7-19(16(13)21)15(20)12-4-2-1-3-5-12/h1-5,13,17H,6-11H2. The molecule has 0 spiro atoms. The van der Waals surface area contributed by atoms with Crippen molar-refractivity contribution < 1.29 is 14.3 Å². The highest BCUT2D eigenvalue weighted by molar-refractivity contribution is 6.12. The summed E-state index contributed by atoms with van der Waals surface area (Å²) >= 11 is 0. The Hall–Kier alpha value is -2.21. The Labute approximate surface area is 129 Å². The second kappa shape index (κ2) is 6.27. The van der Waals surface area contributed by atoms with Gasteiger partial charge < -0.3 is 9.64 Å². The summed E-state index contributed by atoms with van der Waals surface area (Å²) in [6.45, 7) is 2.81. The molecule has 0 aliphatic carbocycles. The minimum Gasteiger partial charge on any atom is -0.378 e. The van der Waals surface area contributed by atoms with E-state index in [2.05, 4.69) is 0 Å². The van der Waals surface area contributed by atoms with Gasteiger partial charge in [-0.15, -0.1) is 0 Å². The van der Waals surface area contributed by atoms with Gasteiger partial charge in [0.1, 0.15) is 5.84 Å². The third-order valence-corrected chi connectivity index (χ3v) is 4.15. The molecular weight excluding hydrogens is 282 g/mol. The molecule has 1 N–H and O–H groups in total. The first-order valence-corrected chi connectivity index (χ1v) is 7.50. The lowest BCUT2D eigenvalue weighted by molar-refractivity contribution is -0.127. The van der Waals surface area contributed by atoms with E-state index in [0.29, 0.717) is 50.7 Å². The molecule has 0 bridgehead atoms. The Morgan fingerprint density at radius 3 is 2.50 bits per heavy atom. The number of ether oxygens (including phenoxy) is 1. The average molecular weight is 301 g/mol. The van der Waals surface area contributed by atoms with Crippen molar-refractivity contribution in [2.75, 3.05) is 32.8 Å². The largest absolute Gasteiger partial charge is 0.378 e. The number of imide groups is 1. The first-order valence-electron chi connectivity index (χ1n) is 7.50. The second-order valence-corrected chi connectivity index (χ2v) is 5.49. The number of nitrogens with one attached hydrogen (secondary N) is 1. The topological polar surface area (TPSA) is 73.7 Å². The zero-order valence-corrected chi connectivity index (χ0v) is 12.3. The Morgan fingerprint density at radius 1 is 1.14 bits per heavy atom. The molecule has 1 aromatic carbocycles. The van der Waals surface area contributed by atoms with Gasteiger partial charge in [0, 0.05) is 25.2 Å². The molecular formula is C16H19N3O3. The Balaban J connectivity index is 1.69. The first kappa shape index (κ1) is 14.7. The van der Waals surface area contributed by atoms with Crippen molar-refractivity contribution >= 4 is 17.6 Å². The number of amides is 2. The van der Waals surface area contributed by atoms with E-state index in [1.165, 1.54) is 4.90 Å². The molecule has 0 saturated carbocycles. The molecule has 1 unspecified atom stereocenters. The number of likely N-dealkylation sites (tertiary alicyclic amines) is 1. The Bertz CT molecular complexity index is 582. The van der Waals surface area contributed by atoms with Crippen LogP contribution in [0.3, 0.4) is 0 Å². The number of hydrogen-bond acceptors (Lipinski definition) is 4. The van der Waals surface area contributed by atoms with E-state index in [9.17, 15) is 9.59 Å². The van der Waals surface area contributed by atoms with E-state index in [1.54, 1.807) is 24.3 Å². The summed E-state index contributed by atoms with van der Waals surface area (Å²) in [5, 5.41) is 8.26. The lowest BCUT2D eigenvalue weighted by Crippen LogP contribution is -2.45. The molecule has 0 radical (unpaired) electrons. The summed E-state index contributed by atoms with van der Waals surface area (Å²) in [6.07, 6.45) is 0.521. The number of benzene rings is 1. The van der Waals surface area contributed by atoms with Crippen LogP contribution in [0.25, 0.3) is 0 Å². The summed E-state index contributed by atoms with van der Waals surface area (Å²) in [5.74, 6) is -0.726. The molecule has 2 aliphatic rings. The third kappa shape index (κ3) is 2.74. The van der Waals surface area contributed by atoms with Gasteiger partial charge in [-0.25, -0.2) is 0 Å². The maximum absolute atomic E-state index is 12.5. The van der Waals surface area contributed by atoms with E-state index in [4.69, 9.17) is 10.1 Å². The van der Waals surface area contributed by atoms with E-state index in [1.807, 2.05) is 11.0 Å². The number of carbonyl (C=O) groups excluding carboxylic acids is 2. The summed E-state index contributed by atoms with van der Waals surface area (Å²) in [7, 11) is 0. The predicted octanol–water partition coefficient (Wildman–Crippen LogP) is 0.985. The fraction of sp³-hybridized carbons (Fsp3) is 0.438. The Morgan fingerprint density at radius 2 is 1.82 bits per heavy atom. The SMILES string of the molecule is N=C(C1CCN(C(=O)c2ccccc2)C1=O)N1CCOCC1. The second-order valence-electron chi connectivity index (χ2n) is 5.49. The molecule has 22 heavy (non-hydrogen) atoms. The van der Waals surface area contributed by atoms with Crippen LogP contribution < -0.4 is 0 Å². The normalized spacial score (nSPS) is 22.0. The van der Waals surface area contributed by atoms with Crippen LogP contribution in [0, 0.1) is 11.3 Å². The molecule has 2 aliphatic heterocycles. The van der Waals surface area contributed by atoms with Crippen molar-refractivity contribution in [2.45, 2.75) is 6.42 Å². The first-order chi connectivity index (χ1) is 10.7. The molecule has 2 heterocycles. The van der Waals surface area contributed by atoms with E-state index < -0.39 is 5.92 Å². The van der Waals surface area contributed by atoms with Gasteiger partial charge >= 0.3 is 0 Å². The van der Waals surface area contributed by atoms with Crippen LogP contribution in [0.4, 0.5) is 0 Å². The van der Waals surface area contributed by atoms with Crippen LogP contribution in [-0.2, 0) is 9.53 Å². The van der Waals surface area contributed by atoms with Crippen molar-refractivity contribution in [1.82, 2.24) is 9.80 Å². The van der Waals surface area contributed by atoms with Gasteiger partial charge in [-0.2, -0.15) is 0 Å². The number of carbonyl (C=O) groups is 2. The van der Waals surface area contributed by atoms with Crippen LogP contribution in [-0.4, -0.2) is 60.3 Å². The van der Waals surface area contributed by atoms with Crippen LogP contribution in [0.5, 0.6) is 0 Å². The fourth-order valence-electron chi connectivity index (χ4n) is 2.90. The fourth-order valence-corrected chi connectivity index (χ4v) is 2.90. The van der Waals surface area contributed by atoms with Gasteiger partial charge in [0.25, 0.3) is 5.91 Å². The summed E-state index contributed by atoms with van der Waals surface area (Å²) in [6, 6.07) is 8.80. The van der Waals surface area contributed by atoms with E-state index in [-0.39, 0.29) is 11.8 Å². The maximum Gasteiger partial charge on any atom is 0.260 e. The van der Waals surface area contributed by atoms with E-state index in [0.717, 1.165) is 0 Å². The molecule has 0 aromatic heterocycles. The van der Waals surface area contributed by atoms with Gasteiger partial charge in [0.2, 0.25) is 5.91 Å². The third-order valence-electron chi connectivity index (χ3n) is 4.15. The number of morpholine rings is 1. The highest BCUT2D eigenvalue weighted by atomic mass is 16.5. The predicted molar refractivity (Wildman–Crippen MR) is 80.7 cm³/mol. The summed E-state index contributed by atoms with van der Waals surface area (Å²) < 4.78 is 5.27. The number of rotatable bonds is 2. The van der Waals surface area contributed by atoms with Crippen molar-refractivity contribution in [1.29, 1.82) is 5.41 Å². The van der Waals surface area contributed by atoms with Gasteiger partial charge in [-0.1, -0.05) is 18.2 Å². The molecule has 2 amide bonds. The number of hydrogen-bond donors (Lipinski definition) is 1. The average Bonchev–Trinajstić information content (AvgIpc) is 2.96. The van der Waals surface area contributed by atoms with Gasteiger partial charge in [0.15, 0.2) is 0 Å². The van der Waals surface area contributed by atoms with Crippen molar-refractivity contribution in [2.24, 2.45) is 5.92 Å². The summed E-state index contributed by atoms with van der Waals surface area (Å²) in [5.41, 5.74) is 0.509. The van der Waals surface area contributed by atoms with Crippen molar-refractivity contribution in [3.8, 4) is 0 Å². The Kier molecular flexibility index (Phi) is 4.20. The van der Waals surface area contributed by atoms with Crippen LogP contribution in [0.1, 0.15) is 16.8 Å². The lowest BCUT2D eigenvalue weighted by Gasteiger charge is -2.31. The number of nitrogens with zero attached hydrogens (tertiary/aromatic N) is 2. The van der Waals surface area contributed by atoms with Crippen molar-refractivity contribution in [3.63, 3.8) is 0 Å². The van der Waals surface area contributed by atoms with Crippen molar-refractivity contribution in [3.05, 3.63) is 35.9 Å². The van der Waals surface area contributed by atoms with Crippen LogP contribution >= 0.6 is 0 Å². The van der Waals surface area contributed by atoms with Crippen LogP contribution in [0.15, 0.2) is 30.3 Å². The highest BCUT2D eigenvalue weighted by Crippen LogP contribution is 2.23. The van der Waals surface area contributed by atoms with E-state index >= 15 is 0 Å². The monoisotopic (exact) mass is 301 g/mol. The van der Waals surface area contributed by atoms with Gasteiger partial charge in [0.05, 0.1) is 19.1 Å². The molecule has 6 nitrogen and oxygen atoms in total. The lowest BCUT2D eigenvalue weighted by atomic mass is 10.1. The molecule has 3 rings (SSSR count). The minimum atomic E-state index is -0.509. The maximum atomic E-state index is 12.5. The van der Waals surface area contributed by atoms with Gasteiger partial charge in [-0.05, 0) is 18.6 Å². The minimum absolute atomic E-state index is 0.259.